The van der Waals surface area contributed by atoms with Gasteiger partial charge in [0.25, 0.3) is 5.91 Å². The van der Waals surface area contributed by atoms with Crippen molar-refractivity contribution in [1.82, 2.24) is 5.32 Å². The van der Waals surface area contributed by atoms with Crippen molar-refractivity contribution in [2.24, 2.45) is 0 Å². The standard InChI is InChI=1S/C10H11BrINO2/c1-6(5-14)13-10(15)8-4-7(12)2-3-9(8)11/h2-4,6,14H,5H2,1H3,(H,13,15)/t6-/m0/s1. The molecule has 0 saturated heterocycles. The lowest BCUT2D eigenvalue weighted by Crippen LogP contribution is -2.35. The van der Waals surface area contributed by atoms with E-state index >= 15 is 0 Å². The van der Waals surface area contributed by atoms with E-state index in [2.05, 4.69) is 43.8 Å². The SMILES string of the molecule is C[C@@H](CO)NC(=O)c1cc(I)ccc1Br. The van der Waals surface area contributed by atoms with E-state index in [4.69, 9.17) is 5.11 Å². The van der Waals surface area contributed by atoms with Gasteiger partial charge in [0.15, 0.2) is 0 Å². The van der Waals surface area contributed by atoms with Gasteiger partial charge in [-0.15, -0.1) is 0 Å². The van der Waals surface area contributed by atoms with Crippen molar-refractivity contribution in [2.45, 2.75) is 13.0 Å². The molecule has 0 aliphatic heterocycles. The number of carbonyl (C=O) groups is 1. The van der Waals surface area contributed by atoms with E-state index in [1.807, 2.05) is 12.1 Å². The predicted octanol–water partition coefficient (Wildman–Crippen LogP) is 2.16. The van der Waals surface area contributed by atoms with Gasteiger partial charge in [-0.3, -0.25) is 4.79 Å². The van der Waals surface area contributed by atoms with Crippen LogP contribution in [0.25, 0.3) is 0 Å². The maximum atomic E-state index is 11.7. The number of rotatable bonds is 3. The number of amides is 1. The van der Waals surface area contributed by atoms with Gasteiger partial charge in [0, 0.05) is 14.1 Å². The average molecular weight is 384 g/mol. The molecule has 0 aromatic heterocycles. The highest BCUT2D eigenvalue weighted by molar-refractivity contribution is 14.1. The molecule has 0 unspecified atom stereocenters. The number of carbonyl (C=O) groups excluding carboxylic acids is 1. The molecule has 1 rings (SSSR count). The number of halogens is 2. The molecule has 0 saturated carbocycles. The fraction of sp³-hybridized carbons (Fsp3) is 0.300. The van der Waals surface area contributed by atoms with Crippen LogP contribution >= 0.6 is 38.5 Å². The smallest absolute Gasteiger partial charge is 0.252 e. The Balaban J connectivity index is 2.86. The minimum Gasteiger partial charge on any atom is -0.394 e. The van der Waals surface area contributed by atoms with Crippen LogP contribution in [0.2, 0.25) is 0 Å². The van der Waals surface area contributed by atoms with Gasteiger partial charge in [-0.25, -0.2) is 0 Å². The predicted molar refractivity (Wildman–Crippen MR) is 70.9 cm³/mol. The van der Waals surface area contributed by atoms with Crippen LogP contribution in [0, 0.1) is 3.57 Å². The number of benzene rings is 1. The summed E-state index contributed by atoms with van der Waals surface area (Å²) in [5.41, 5.74) is 0.585. The summed E-state index contributed by atoms with van der Waals surface area (Å²) >= 11 is 5.46. The van der Waals surface area contributed by atoms with Crippen LogP contribution in [0.5, 0.6) is 0 Å². The Hall–Kier alpha value is -0.140. The summed E-state index contributed by atoms with van der Waals surface area (Å²) in [5.74, 6) is -0.179. The maximum absolute atomic E-state index is 11.7. The molecule has 0 aliphatic carbocycles. The first-order chi connectivity index (χ1) is 7.04. The average Bonchev–Trinajstić information content (AvgIpc) is 2.21. The summed E-state index contributed by atoms with van der Waals surface area (Å²) in [4.78, 5) is 11.7. The quantitative estimate of drug-likeness (QED) is 0.786. The summed E-state index contributed by atoms with van der Waals surface area (Å²) < 4.78 is 1.75. The number of aliphatic hydroxyl groups excluding tert-OH is 1. The van der Waals surface area contributed by atoms with Gasteiger partial charge in [-0.2, -0.15) is 0 Å². The molecule has 1 amide bonds. The van der Waals surface area contributed by atoms with Crippen LogP contribution in [0.15, 0.2) is 22.7 Å². The zero-order valence-corrected chi connectivity index (χ0v) is 11.9. The van der Waals surface area contributed by atoms with Crippen LogP contribution in [-0.2, 0) is 0 Å². The van der Waals surface area contributed by atoms with Gasteiger partial charge in [0.05, 0.1) is 12.2 Å². The number of aliphatic hydroxyl groups is 1. The number of hydrogen-bond donors (Lipinski definition) is 2. The molecule has 3 nitrogen and oxygen atoms in total. The van der Waals surface area contributed by atoms with E-state index in [1.165, 1.54) is 0 Å². The zero-order valence-electron chi connectivity index (χ0n) is 8.13. The fourth-order valence-electron chi connectivity index (χ4n) is 1.02. The molecule has 0 heterocycles. The molecule has 0 bridgehead atoms. The Labute approximate surface area is 111 Å². The molecule has 5 heteroatoms. The van der Waals surface area contributed by atoms with Crippen molar-refractivity contribution < 1.29 is 9.90 Å². The third-order valence-electron chi connectivity index (χ3n) is 1.82. The Bertz CT molecular complexity index is 370. The second-order valence-corrected chi connectivity index (χ2v) is 5.28. The molecular formula is C10H11BrINO2. The van der Waals surface area contributed by atoms with E-state index in [0.29, 0.717) is 5.56 Å². The van der Waals surface area contributed by atoms with Crippen LogP contribution < -0.4 is 5.32 Å². The van der Waals surface area contributed by atoms with Crippen LogP contribution in [-0.4, -0.2) is 23.7 Å². The van der Waals surface area contributed by atoms with Gasteiger partial charge in [-0.05, 0) is 63.6 Å². The molecule has 0 aliphatic rings. The molecule has 0 spiro atoms. The number of nitrogens with one attached hydrogen (secondary N) is 1. The second-order valence-electron chi connectivity index (χ2n) is 3.18. The highest BCUT2D eigenvalue weighted by Gasteiger charge is 2.12. The van der Waals surface area contributed by atoms with Crippen molar-refractivity contribution in [3.05, 3.63) is 31.8 Å². The van der Waals surface area contributed by atoms with Gasteiger partial charge in [-0.1, -0.05) is 0 Å². The van der Waals surface area contributed by atoms with Crippen LogP contribution in [0.4, 0.5) is 0 Å². The Morgan fingerprint density at radius 3 is 2.93 bits per heavy atom. The minimum absolute atomic E-state index is 0.0622. The molecule has 82 valence electrons. The molecule has 1 aromatic rings. The summed E-state index contributed by atoms with van der Waals surface area (Å²) in [6.45, 7) is 1.69. The lowest BCUT2D eigenvalue weighted by atomic mass is 10.2. The highest BCUT2D eigenvalue weighted by atomic mass is 127. The Morgan fingerprint density at radius 1 is 1.67 bits per heavy atom. The first-order valence-corrected chi connectivity index (χ1v) is 6.28. The van der Waals surface area contributed by atoms with Gasteiger partial charge in [0.2, 0.25) is 0 Å². The monoisotopic (exact) mass is 383 g/mol. The lowest BCUT2D eigenvalue weighted by Gasteiger charge is -2.11. The topological polar surface area (TPSA) is 49.3 Å². The van der Waals surface area contributed by atoms with Crippen molar-refractivity contribution in [2.75, 3.05) is 6.61 Å². The molecular weight excluding hydrogens is 373 g/mol. The van der Waals surface area contributed by atoms with Crippen molar-refractivity contribution >= 4 is 44.4 Å². The van der Waals surface area contributed by atoms with Crippen LogP contribution in [0.1, 0.15) is 17.3 Å². The van der Waals surface area contributed by atoms with Crippen molar-refractivity contribution in [1.29, 1.82) is 0 Å². The molecule has 1 atom stereocenters. The van der Waals surface area contributed by atoms with E-state index in [9.17, 15) is 4.79 Å². The molecule has 2 N–H and O–H groups in total. The van der Waals surface area contributed by atoms with Gasteiger partial charge < -0.3 is 10.4 Å². The van der Waals surface area contributed by atoms with Gasteiger partial charge >= 0.3 is 0 Å². The lowest BCUT2D eigenvalue weighted by molar-refractivity contribution is 0.0921. The minimum atomic E-state index is -0.234. The second kappa shape index (κ2) is 5.81. The molecule has 0 radical (unpaired) electrons. The first kappa shape index (κ1) is 12.9. The summed E-state index contributed by atoms with van der Waals surface area (Å²) in [5, 5.41) is 11.5. The van der Waals surface area contributed by atoms with E-state index in [-0.39, 0.29) is 18.6 Å². The first-order valence-electron chi connectivity index (χ1n) is 4.41. The van der Waals surface area contributed by atoms with Crippen LogP contribution in [0.3, 0.4) is 0 Å². The molecule has 1 aromatic carbocycles. The Kier molecular flexibility index (Phi) is 5.01. The summed E-state index contributed by atoms with van der Waals surface area (Å²) in [6, 6.07) is 5.31. The third kappa shape index (κ3) is 3.73. The van der Waals surface area contributed by atoms with E-state index < -0.39 is 0 Å². The van der Waals surface area contributed by atoms with E-state index in [0.717, 1.165) is 8.04 Å². The maximum Gasteiger partial charge on any atom is 0.252 e. The fourth-order valence-corrected chi connectivity index (χ4v) is 1.94. The Morgan fingerprint density at radius 2 is 2.33 bits per heavy atom. The summed E-state index contributed by atoms with van der Waals surface area (Å²) in [6.07, 6.45) is 0. The largest absolute Gasteiger partial charge is 0.394 e. The third-order valence-corrected chi connectivity index (χ3v) is 3.19. The zero-order chi connectivity index (χ0) is 11.4. The van der Waals surface area contributed by atoms with Gasteiger partial charge in [0.1, 0.15) is 0 Å². The van der Waals surface area contributed by atoms with Crippen molar-refractivity contribution in [3.63, 3.8) is 0 Å². The molecule has 0 fully saturated rings. The van der Waals surface area contributed by atoms with Crippen molar-refractivity contribution in [3.8, 4) is 0 Å². The molecule has 15 heavy (non-hydrogen) atoms. The normalized spacial score (nSPS) is 12.3. The summed E-state index contributed by atoms with van der Waals surface area (Å²) in [7, 11) is 0. The van der Waals surface area contributed by atoms with E-state index in [1.54, 1.807) is 13.0 Å². The number of hydrogen-bond acceptors (Lipinski definition) is 2. The highest BCUT2D eigenvalue weighted by Crippen LogP contribution is 2.19.